The number of nitrogens with zero attached hydrogens (tertiary/aromatic N) is 3. The molecule has 0 amide bonds. The topological polar surface area (TPSA) is 86.0 Å². The predicted molar refractivity (Wildman–Crippen MR) is 76.5 cm³/mol. The molecule has 0 radical (unpaired) electrons. The largest absolute Gasteiger partial charge is 0.476 e. The van der Waals surface area contributed by atoms with Gasteiger partial charge in [-0.1, -0.05) is 6.92 Å². The summed E-state index contributed by atoms with van der Waals surface area (Å²) in [6, 6.07) is 0. The Hall–Kier alpha value is -1.89. The van der Waals surface area contributed by atoms with E-state index in [9.17, 15) is 0 Å². The Balaban J connectivity index is 1.92. The Bertz CT molecular complexity index is 503. The number of anilines is 2. The molecule has 0 aliphatic rings. The van der Waals surface area contributed by atoms with Crippen LogP contribution in [0.4, 0.5) is 11.5 Å². The molecule has 0 aromatic carbocycles. The molecular formula is C12H17N5OS. The third-order valence-electron chi connectivity index (χ3n) is 2.41. The van der Waals surface area contributed by atoms with E-state index >= 15 is 0 Å². The highest BCUT2D eigenvalue weighted by atomic mass is 32.1. The van der Waals surface area contributed by atoms with Gasteiger partial charge in [-0.3, -0.25) is 0 Å². The minimum absolute atomic E-state index is 0.439. The number of nitrogen functional groups attached to an aromatic ring is 1. The summed E-state index contributed by atoms with van der Waals surface area (Å²) in [5, 5.41) is 6.23. The lowest BCUT2D eigenvalue weighted by atomic mass is 10.4. The second-order valence-corrected chi connectivity index (χ2v) is 4.87. The number of rotatable bonds is 7. The highest BCUT2D eigenvalue weighted by Gasteiger charge is 2.08. The van der Waals surface area contributed by atoms with E-state index in [0.717, 1.165) is 24.4 Å². The van der Waals surface area contributed by atoms with Gasteiger partial charge in [0, 0.05) is 24.5 Å². The van der Waals surface area contributed by atoms with E-state index < -0.39 is 0 Å². The zero-order valence-electron chi connectivity index (χ0n) is 10.8. The van der Waals surface area contributed by atoms with Gasteiger partial charge in [0.25, 0.3) is 0 Å². The van der Waals surface area contributed by atoms with Crippen LogP contribution in [0.5, 0.6) is 5.88 Å². The van der Waals surface area contributed by atoms with Crippen molar-refractivity contribution in [2.75, 3.05) is 24.2 Å². The van der Waals surface area contributed by atoms with Crippen LogP contribution in [0.15, 0.2) is 17.9 Å². The van der Waals surface area contributed by atoms with Crippen molar-refractivity contribution in [1.29, 1.82) is 0 Å². The summed E-state index contributed by atoms with van der Waals surface area (Å²) in [4.78, 5) is 12.4. The minimum Gasteiger partial charge on any atom is -0.476 e. The molecule has 0 saturated carbocycles. The monoisotopic (exact) mass is 279 g/mol. The first-order valence-corrected chi connectivity index (χ1v) is 7.04. The van der Waals surface area contributed by atoms with E-state index in [4.69, 9.17) is 10.5 Å². The van der Waals surface area contributed by atoms with Crippen molar-refractivity contribution in [2.45, 2.75) is 19.8 Å². The minimum atomic E-state index is 0.439. The molecule has 6 nitrogen and oxygen atoms in total. The fourth-order valence-corrected chi connectivity index (χ4v) is 2.12. The molecule has 2 aromatic rings. The molecule has 0 aliphatic heterocycles. The maximum absolute atomic E-state index is 5.96. The van der Waals surface area contributed by atoms with Gasteiger partial charge in [0.15, 0.2) is 5.82 Å². The van der Waals surface area contributed by atoms with Crippen LogP contribution in [0.1, 0.15) is 18.4 Å². The molecule has 0 atom stereocenters. The standard InChI is InChI=1S/C12H17N5OS/c1-2-6-18-12-10(13)11(16-8-17-12)15-4-3-9-14-5-7-19-9/h5,7-8H,2-4,6,13H2,1H3,(H,15,16,17). The molecule has 19 heavy (non-hydrogen) atoms. The van der Waals surface area contributed by atoms with E-state index in [1.54, 1.807) is 17.5 Å². The Morgan fingerprint density at radius 3 is 3.00 bits per heavy atom. The number of thiazole rings is 1. The summed E-state index contributed by atoms with van der Waals surface area (Å²) in [5.41, 5.74) is 6.41. The molecule has 2 aromatic heterocycles. The van der Waals surface area contributed by atoms with E-state index in [-0.39, 0.29) is 0 Å². The number of aromatic nitrogens is 3. The Kier molecular flexibility index (Phi) is 4.91. The zero-order valence-corrected chi connectivity index (χ0v) is 11.6. The second-order valence-electron chi connectivity index (χ2n) is 3.89. The molecule has 3 N–H and O–H groups in total. The van der Waals surface area contributed by atoms with E-state index in [2.05, 4.69) is 20.3 Å². The molecule has 0 bridgehead atoms. The lowest BCUT2D eigenvalue weighted by molar-refractivity contribution is 0.306. The Labute approximate surface area is 116 Å². The van der Waals surface area contributed by atoms with Crippen molar-refractivity contribution in [3.8, 4) is 5.88 Å². The highest BCUT2D eigenvalue weighted by molar-refractivity contribution is 7.09. The maximum atomic E-state index is 5.96. The van der Waals surface area contributed by atoms with Crippen LogP contribution >= 0.6 is 11.3 Å². The quantitative estimate of drug-likeness (QED) is 0.805. The Morgan fingerprint density at radius 2 is 2.26 bits per heavy atom. The van der Waals surface area contributed by atoms with Gasteiger partial charge < -0.3 is 15.8 Å². The Morgan fingerprint density at radius 1 is 1.37 bits per heavy atom. The van der Waals surface area contributed by atoms with Gasteiger partial charge in [-0.25, -0.2) is 9.97 Å². The summed E-state index contributed by atoms with van der Waals surface area (Å²) in [5.74, 6) is 1.05. The maximum Gasteiger partial charge on any atom is 0.242 e. The van der Waals surface area contributed by atoms with Crippen LogP contribution in [0.2, 0.25) is 0 Å². The van der Waals surface area contributed by atoms with Crippen molar-refractivity contribution >= 4 is 22.8 Å². The molecule has 2 heterocycles. The molecule has 0 spiro atoms. The summed E-state index contributed by atoms with van der Waals surface area (Å²) < 4.78 is 5.45. The van der Waals surface area contributed by atoms with Gasteiger partial charge in [0.1, 0.15) is 12.0 Å². The average Bonchev–Trinajstić information content (AvgIpc) is 2.92. The summed E-state index contributed by atoms with van der Waals surface area (Å²) in [6.07, 6.45) is 5.01. The second kappa shape index (κ2) is 6.89. The zero-order chi connectivity index (χ0) is 13.5. The number of hydrogen-bond donors (Lipinski definition) is 2. The lowest BCUT2D eigenvalue weighted by Crippen LogP contribution is -2.10. The van der Waals surface area contributed by atoms with Crippen LogP contribution in [0, 0.1) is 0 Å². The third kappa shape index (κ3) is 3.78. The van der Waals surface area contributed by atoms with Crippen molar-refractivity contribution in [2.24, 2.45) is 0 Å². The van der Waals surface area contributed by atoms with E-state index in [1.165, 1.54) is 6.33 Å². The molecule has 2 rings (SSSR count). The molecule has 0 fully saturated rings. The summed E-state index contributed by atoms with van der Waals surface area (Å²) in [6.45, 7) is 3.35. The number of nitrogens with two attached hydrogens (primary N) is 1. The van der Waals surface area contributed by atoms with Crippen molar-refractivity contribution < 1.29 is 4.74 Å². The van der Waals surface area contributed by atoms with Crippen LogP contribution in [0.3, 0.4) is 0 Å². The summed E-state index contributed by atoms with van der Waals surface area (Å²) >= 11 is 1.64. The van der Waals surface area contributed by atoms with Gasteiger partial charge in [-0.05, 0) is 6.42 Å². The van der Waals surface area contributed by atoms with Gasteiger partial charge in [0.2, 0.25) is 5.88 Å². The van der Waals surface area contributed by atoms with Gasteiger partial charge in [-0.15, -0.1) is 11.3 Å². The third-order valence-corrected chi connectivity index (χ3v) is 3.24. The molecule has 0 aliphatic carbocycles. The van der Waals surface area contributed by atoms with Crippen LogP contribution < -0.4 is 15.8 Å². The molecule has 7 heteroatoms. The first-order valence-electron chi connectivity index (χ1n) is 6.16. The summed E-state index contributed by atoms with van der Waals surface area (Å²) in [7, 11) is 0. The molecule has 102 valence electrons. The SMILES string of the molecule is CCCOc1ncnc(NCCc2nccs2)c1N. The fraction of sp³-hybridized carbons (Fsp3) is 0.417. The smallest absolute Gasteiger partial charge is 0.242 e. The van der Waals surface area contributed by atoms with Gasteiger partial charge in [0.05, 0.1) is 11.6 Å². The normalized spacial score (nSPS) is 10.4. The predicted octanol–water partition coefficient (Wildman–Crippen LogP) is 1.96. The van der Waals surface area contributed by atoms with Gasteiger partial charge >= 0.3 is 0 Å². The lowest BCUT2D eigenvalue weighted by Gasteiger charge is -2.10. The highest BCUT2D eigenvalue weighted by Crippen LogP contribution is 2.24. The first kappa shape index (κ1) is 13.5. The van der Waals surface area contributed by atoms with Crippen LogP contribution in [0.25, 0.3) is 0 Å². The first-order chi connectivity index (χ1) is 9.31. The number of nitrogens with one attached hydrogen (secondary N) is 1. The van der Waals surface area contributed by atoms with Crippen LogP contribution in [-0.2, 0) is 6.42 Å². The molecule has 0 unspecified atom stereocenters. The van der Waals surface area contributed by atoms with Crippen molar-refractivity contribution in [3.63, 3.8) is 0 Å². The van der Waals surface area contributed by atoms with Crippen molar-refractivity contribution in [3.05, 3.63) is 22.9 Å². The fourth-order valence-electron chi connectivity index (χ4n) is 1.50. The van der Waals surface area contributed by atoms with E-state index in [1.807, 2.05) is 12.3 Å². The van der Waals surface area contributed by atoms with E-state index in [0.29, 0.717) is 24.0 Å². The van der Waals surface area contributed by atoms with Gasteiger partial charge in [-0.2, -0.15) is 4.98 Å². The number of ether oxygens (including phenoxy) is 1. The van der Waals surface area contributed by atoms with Crippen LogP contribution in [-0.4, -0.2) is 28.1 Å². The average molecular weight is 279 g/mol. The molecule has 0 saturated heterocycles. The number of hydrogen-bond acceptors (Lipinski definition) is 7. The van der Waals surface area contributed by atoms with Crippen molar-refractivity contribution in [1.82, 2.24) is 15.0 Å². The molecular weight excluding hydrogens is 262 g/mol.